The van der Waals surface area contributed by atoms with Gasteiger partial charge >= 0.3 is 1.43 Å². The van der Waals surface area contributed by atoms with Crippen LogP contribution in [0.3, 0.4) is 0 Å². The summed E-state index contributed by atoms with van der Waals surface area (Å²) in [5, 5.41) is 0. The molecule has 1 nitrogen and oxygen atoms in total. The fraction of sp³-hybridized carbons (Fsp3) is 0. The van der Waals surface area contributed by atoms with Gasteiger partial charge in [0.05, 0.1) is 0 Å². The summed E-state index contributed by atoms with van der Waals surface area (Å²) in [7, 11) is 0. The van der Waals surface area contributed by atoms with Crippen LogP contribution in [0.15, 0.2) is 47.0 Å². The summed E-state index contributed by atoms with van der Waals surface area (Å²) in [6.07, 6.45) is 8.23. The number of hydrogen-bond acceptors (Lipinski definition) is 1. The third-order valence-electron chi connectivity index (χ3n) is 1.76. The summed E-state index contributed by atoms with van der Waals surface area (Å²) in [5.41, 5.74) is 2.62. The largest absolute Gasteiger partial charge is 1.00 e. The molecule has 0 fully saturated rings. The zero-order valence-electron chi connectivity index (χ0n) is 5.72. The Kier molecular flexibility index (Phi) is 0.374. The van der Waals surface area contributed by atoms with Gasteiger partial charge in [-0.1, -0.05) is 0 Å². The predicted octanol–water partition coefficient (Wildman–Crippen LogP) is 1.78. The molecule has 0 amide bonds. The number of rotatable bonds is 0. The minimum atomic E-state index is 0. The van der Waals surface area contributed by atoms with Gasteiger partial charge in [0.15, 0.2) is 0 Å². The van der Waals surface area contributed by atoms with Crippen LogP contribution < -0.4 is 0 Å². The van der Waals surface area contributed by atoms with Crippen LogP contribution in [0.2, 0.25) is 0 Å². The second kappa shape index (κ2) is 0.903. The van der Waals surface area contributed by atoms with E-state index < -0.39 is 0 Å². The molecule has 0 aromatic rings. The van der Waals surface area contributed by atoms with Crippen molar-refractivity contribution in [2.75, 3.05) is 0 Å². The van der Waals surface area contributed by atoms with E-state index in [4.69, 9.17) is 4.74 Å². The quantitative estimate of drug-likeness (QED) is 0.470. The van der Waals surface area contributed by atoms with E-state index >= 15 is 0 Å². The second-order valence-electron chi connectivity index (χ2n) is 2.39. The highest BCUT2D eigenvalue weighted by Gasteiger charge is 2.24. The maximum absolute atomic E-state index is 5.31. The first-order valence-corrected chi connectivity index (χ1v) is 2.97. The molecule has 0 atom stereocenters. The van der Waals surface area contributed by atoms with E-state index in [0.717, 1.165) is 11.5 Å². The summed E-state index contributed by atoms with van der Waals surface area (Å²) in [5.74, 6) is 2.00. The van der Waals surface area contributed by atoms with Crippen LogP contribution in [0.1, 0.15) is 1.43 Å². The molecular formula is C8H5O+. The van der Waals surface area contributed by atoms with Crippen molar-refractivity contribution in [1.29, 1.82) is 0 Å². The molecule has 0 aromatic carbocycles. The van der Waals surface area contributed by atoms with Crippen LogP contribution in [0.25, 0.3) is 0 Å². The molecule has 0 aromatic heterocycles. The van der Waals surface area contributed by atoms with Crippen molar-refractivity contribution in [2.45, 2.75) is 0 Å². The molecule has 1 heteroatoms. The fourth-order valence-electron chi connectivity index (χ4n) is 1.37. The van der Waals surface area contributed by atoms with E-state index in [1.165, 1.54) is 11.1 Å². The second-order valence-corrected chi connectivity index (χ2v) is 2.39. The van der Waals surface area contributed by atoms with E-state index in [9.17, 15) is 0 Å². The lowest BCUT2D eigenvalue weighted by atomic mass is 10.2. The average Bonchev–Trinajstić information content (AvgIpc) is 2.20. The van der Waals surface area contributed by atoms with Crippen LogP contribution in [-0.4, -0.2) is 0 Å². The molecule has 0 saturated heterocycles. The van der Waals surface area contributed by atoms with Crippen LogP contribution in [-0.2, 0) is 4.74 Å². The topological polar surface area (TPSA) is 9.23 Å². The van der Waals surface area contributed by atoms with Gasteiger partial charge in [-0.2, -0.15) is 0 Å². The van der Waals surface area contributed by atoms with Crippen molar-refractivity contribution < 1.29 is 6.16 Å². The van der Waals surface area contributed by atoms with Crippen molar-refractivity contribution in [1.82, 2.24) is 0 Å². The molecule has 42 valence electrons. The van der Waals surface area contributed by atoms with Crippen LogP contribution in [0.5, 0.6) is 0 Å². The first kappa shape index (κ1) is 3.72. The van der Waals surface area contributed by atoms with Gasteiger partial charge in [-0.25, -0.2) is 0 Å². The summed E-state index contributed by atoms with van der Waals surface area (Å²) in [6, 6.07) is 0. The predicted molar refractivity (Wildman–Crippen MR) is 34.5 cm³/mol. The molecule has 0 radical (unpaired) electrons. The highest BCUT2D eigenvalue weighted by atomic mass is 16.5. The maximum Gasteiger partial charge on any atom is 1.00 e. The van der Waals surface area contributed by atoms with Crippen molar-refractivity contribution in [3.05, 3.63) is 47.0 Å². The lowest BCUT2D eigenvalue weighted by Crippen LogP contribution is -1.89. The molecular weight excluding hydrogens is 112 g/mol. The van der Waals surface area contributed by atoms with Crippen LogP contribution >= 0.6 is 0 Å². The normalized spacial score (nSPS) is 24.9. The molecule has 0 saturated carbocycles. The van der Waals surface area contributed by atoms with E-state index in [-0.39, 0.29) is 1.43 Å². The van der Waals surface area contributed by atoms with Gasteiger partial charge in [-0.05, 0) is 35.5 Å². The Morgan fingerprint density at radius 2 is 1.44 bits per heavy atom. The van der Waals surface area contributed by atoms with Gasteiger partial charge in [0, 0.05) is 0 Å². The van der Waals surface area contributed by atoms with Crippen molar-refractivity contribution in [3.63, 3.8) is 0 Å². The molecule has 2 aliphatic heterocycles. The zero-order chi connectivity index (χ0) is 5.84. The Morgan fingerprint density at radius 3 is 1.89 bits per heavy atom. The fourth-order valence-corrected chi connectivity index (χ4v) is 1.37. The molecule has 4 bridgehead atoms. The SMILES string of the molecule is C1=C2C=C3C=C(C=C13)O2.[H+]. The third-order valence-corrected chi connectivity index (χ3v) is 1.76. The first-order chi connectivity index (χ1) is 4.42. The minimum absolute atomic E-state index is 0. The summed E-state index contributed by atoms with van der Waals surface area (Å²) >= 11 is 0. The first-order valence-electron chi connectivity index (χ1n) is 2.97. The van der Waals surface area contributed by atoms with Gasteiger partial charge in [0.2, 0.25) is 0 Å². The van der Waals surface area contributed by atoms with Gasteiger partial charge in [-0.3, -0.25) is 0 Å². The molecule has 4 rings (SSSR count). The molecule has 0 unspecified atom stereocenters. The summed E-state index contributed by atoms with van der Waals surface area (Å²) in [6.45, 7) is 0. The van der Waals surface area contributed by atoms with Crippen molar-refractivity contribution >= 4 is 0 Å². The zero-order valence-corrected chi connectivity index (χ0v) is 4.72. The number of allylic oxidation sites excluding steroid dienone is 6. The highest BCUT2D eigenvalue weighted by Crippen LogP contribution is 2.39. The van der Waals surface area contributed by atoms with E-state index in [1.807, 2.05) is 0 Å². The Labute approximate surface area is 54.1 Å². The van der Waals surface area contributed by atoms with Crippen molar-refractivity contribution in [2.24, 2.45) is 0 Å². The molecule has 2 heterocycles. The summed E-state index contributed by atoms with van der Waals surface area (Å²) in [4.78, 5) is 0. The van der Waals surface area contributed by atoms with E-state index in [0.29, 0.717) is 0 Å². The lowest BCUT2D eigenvalue weighted by molar-refractivity contribution is 0.333. The molecule has 0 spiro atoms. The van der Waals surface area contributed by atoms with Crippen molar-refractivity contribution in [3.8, 4) is 0 Å². The smallest absolute Gasteiger partial charge is 0.457 e. The molecule has 2 aliphatic carbocycles. The Hall–Kier alpha value is -1.24. The number of ether oxygens (including phenoxy) is 1. The standard InChI is InChI=1S/C8H4O/c1-5-2-8-4-6(5)3-7(1)9-8/h1-4H/p+1. The van der Waals surface area contributed by atoms with Crippen LogP contribution in [0, 0.1) is 0 Å². The lowest BCUT2D eigenvalue weighted by Gasteiger charge is -2.06. The Bertz CT molecular complexity index is 286. The van der Waals surface area contributed by atoms with E-state index in [1.54, 1.807) is 0 Å². The third kappa shape index (κ3) is 0.296. The molecule has 4 aliphatic rings. The highest BCUT2D eigenvalue weighted by molar-refractivity contribution is 5.66. The van der Waals surface area contributed by atoms with Gasteiger partial charge in [0.25, 0.3) is 0 Å². The van der Waals surface area contributed by atoms with Crippen LogP contribution in [0.4, 0.5) is 0 Å². The molecule has 0 N–H and O–H groups in total. The Morgan fingerprint density at radius 1 is 0.889 bits per heavy atom. The average molecular weight is 117 g/mol. The molecule has 9 heavy (non-hydrogen) atoms. The summed E-state index contributed by atoms with van der Waals surface area (Å²) < 4.78 is 5.31. The maximum atomic E-state index is 5.31. The minimum Gasteiger partial charge on any atom is -0.457 e. The monoisotopic (exact) mass is 117 g/mol. The number of hydrogen-bond donors (Lipinski definition) is 0. The van der Waals surface area contributed by atoms with Gasteiger partial charge in [0.1, 0.15) is 11.5 Å². The van der Waals surface area contributed by atoms with E-state index in [2.05, 4.69) is 24.3 Å². The van der Waals surface area contributed by atoms with Gasteiger partial charge < -0.3 is 4.74 Å². The van der Waals surface area contributed by atoms with Gasteiger partial charge in [-0.15, -0.1) is 0 Å². The Balaban J connectivity index is 0.000000403.